The van der Waals surface area contributed by atoms with E-state index in [9.17, 15) is 0 Å². The Morgan fingerprint density at radius 1 is 1.00 bits per heavy atom. The number of hydrogen-bond acceptors (Lipinski definition) is 6. The largest absolute Gasteiger partial charge is 0.404 e. The van der Waals surface area contributed by atoms with Crippen molar-refractivity contribution in [3.63, 3.8) is 0 Å². The van der Waals surface area contributed by atoms with Crippen LogP contribution in [0.25, 0.3) is 0 Å². The van der Waals surface area contributed by atoms with Gasteiger partial charge in [0.15, 0.2) is 0 Å². The van der Waals surface area contributed by atoms with Crippen molar-refractivity contribution in [2.75, 3.05) is 28.4 Å². The predicted molar refractivity (Wildman–Crippen MR) is 56.1 cm³/mol. The Morgan fingerprint density at radius 2 is 1.47 bits per heavy atom. The molecule has 0 aliphatic heterocycles. The number of methoxy groups -OCH3 is 4. The lowest BCUT2D eigenvalue weighted by Crippen LogP contribution is -2.52. The van der Waals surface area contributed by atoms with Crippen LogP contribution in [0.5, 0.6) is 0 Å². The Labute approximate surface area is 93.3 Å². The topological polar surface area (TPSA) is 55.4 Å². The van der Waals surface area contributed by atoms with Gasteiger partial charge in [-0.3, -0.25) is 4.74 Å². The molecule has 0 aromatic carbocycles. The highest BCUT2D eigenvalue weighted by atomic mass is 28.2. The van der Waals surface area contributed by atoms with Crippen molar-refractivity contribution in [2.45, 2.75) is 25.5 Å². The molecule has 7 heteroatoms. The summed E-state index contributed by atoms with van der Waals surface area (Å²) in [6, 6.07) is 0. The maximum absolute atomic E-state index is 5.45. The molecule has 0 saturated carbocycles. The van der Waals surface area contributed by atoms with Gasteiger partial charge in [0.05, 0.1) is 0 Å². The summed E-state index contributed by atoms with van der Waals surface area (Å²) in [7, 11) is 6.37. The number of rotatable bonds is 8. The summed E-state index contributed by atoms with van der Waals surface area (Å²) in [4.78, 5) is 0. The van der Waals surface area contributed by atoms with Gasteiger partial charge in [0.25, 0.3) is 0 Å². The van der Waals surface area contributed by atoms with Gasteiger partial charge in [0, 0.05) is 28.4 Å². The molecule has 0 amide bonds. The molecule has 0 rings (SSSR count). The Kier molecular flexibility index (Phi) is 7.27. The van der Waals surface area contributed by atoms with Gasteiger partial charge in [-0.2, -0.15) is 0 Å². The predicted octanol–water partition coefficient (Wildman–Crippen LogP) is -0.789. The van der Waals surface area contributed by atoms with Crippen LogP contribution in [0.1, 0.15) is 6.92 Å². The van der Waals surface area contributed by atoms with E-state index in [0.717, 1.165) is 0 Å². The third-order valence-corrected chi connectivity index (χ3v) is 2.61. The molecule has 1 unspecified atom stereocenters. The van der Waals surface area contributed by atoms with Crippen LogP contribution in [-0.4, -0.2) is 57.5 Å². The smallest absolute Gasteiger partial charge is 0.339 e. The summed E-state index contributed by atoms with van der Waals surface area (Å²) in [6.07, 6.45) is -1.25. The zero-order valence-corrected chi connectivity index (χ0v) is 12.1. The maximum Gasteiger partial charge on any atom is 0.339 e. The molecule has 92 valence electrons. The van der Waals surface area contributed by atoms with Gasteiger partial charge < -0.3 is 23.4 Å². The van der Waals surface area contributed by atoms with Crippen molar-refractivity contribution in [3.05, 3.63) is 0 Å². The summed E-state index contributed by atoms with van der Waals surface area (Å²) in [5, 5.41) is 0. The average Bonchev–Trinajstić information content (AvgIpc) is 2.28. The molecule has 0 fully saturated rings. The molecule has 0 radical (unpaired) electrons. The molecule has 0 spiro atoms. The van der Waals surface area contributed by atoms with E-state index in [1.807, 2.05) is 0 Å². The Bertz CT molecular complexity index is 159. The van der Waals surface area contributed by atoms with Crippen LogP contribution in [-0.2, 0) is 28.1 Å². The fourth-order valence-corrected chi connectivity index (χ4v) is 1.19. The average molecular weight is 240 g/mol. The summed E-state index contributed by atoms with van der Waals surface area (Å²) in [5.74, 6) is -1.42. The third-order valence-electron chi connectivity index (χ3n) is 1.95. The van der Waals surface area contributed by atoms with Crippen molar-refractivity contribution in [1.29, 1.82) is 0 Å². The van der Waals surface area contributed by atoms with E-state index in [0.29, 0.717) is 10.5 Å². The van der Waals surface area contributed by atoms with Gasteiger partial charge in [-0.15, -0.1) is 0 Å². The standard InChI is InChI=1S/C8H20O6Si/c1-6(14-15)13-8(11-4,12-5)7(9-2)10-3/h6-7H,1-5,15H3. The minimum Gasteiger partial charge on any atom is -0.404 e. The number of hydrogen-bond donors (Lipinski definition) is 0. The molecule has 0 aliphatic rings. The quantitative estimate of drug-likeness (QED) is 0.409. The van der Waals surface area contributed by atoms with Crippen LogP contribution in [0.2, 0.25) is 0 Å². The minimum absolute atomic E-state index is 0.454. The van der Waals surface area contributed by atoms with Crippen LogP contribution in [0.4, 0.5) is 0 Å². The van der Waals surface area contributed by atoms with E-state index in [2.05, 4.69) is 0 Å². The second-order valence-corrected chi connectivity index (χ2v) is 3.21. The highest BCUT2D eigenvalue weighted by Gasteiger charge is 2.44. The zero-order chi connectivity index (χ0) is 11.9. The van der Waals surface area contributed by atoms with Crippen molar-refractivity contribution in [1.82, 2.24) is 0 Å². The lowest BCUT2D eigenvalue weighted by molar-refractivity contribution is -0.458. The van der Waals surface area contributed by atoms with Crippen molar-refractivity contribution >= 4 is 10.5 Å². The SMILES string of the molecule is COC(OC)C(OC)(OC)OC(C)O[SiH3]. The molecular formula is C8H20O6Si. The lowest BCUT2D eigenvalue weighted by Gasteiger charge is -2.36. The summed E-state index contributed by atoms with van der Waals surface area (Å²) in [5.41, 5.74) is 0. The van der Waals surface area contributed by atoms with Crippen LogP contribution >= 0.6 is 0 Å². The fourth-order valence-electron chi connectivity index (χ4n) is 1.09. The van der Waals surface area contributed by atoms with E-state index >= 15 is 0 Å². The van der Waals surface area contributed by atoms with Crippen molar-refractivity contribution < 1.29 is 28.1 Å². The van der Waals surface area contributed by atoms with Gasteiger partial charge in [-0.05, 0) is 6.92 Å². The summed E-state index contributed by atoms with van der Waals surface area (Å²) >= 11 is 0. The molecule has 1 atom stereocenters. The highest BCUT2D eigenvalue weighted by Crippen LogP contribution is 2.23. The first-order valence-corrected chi connectivity index (χ1v) is 5.28. The van der Waals surface area contributed by atoms with E-state index in [1.165, 1.54) is 28.4 Å². The molecule has 0 heterocycles. The highest BCUT2D eigenvalue weighted by molar-refractivity contribution is 5.98. The molecule has 0 aromatic heterocycles. The first kappa shape index (κ1) is 15.0. The molecule has 0 aromatic rings. The molecule has 15 heavy (non-hydrogen) atoms. The molecule has 0 saturated heterocycles. The van der Waals surface area contributed by atoms with Crippen molar-refractivity contribution in [3.8, 4) is 0 Å². The summed E-state index contributed by atoms with van der Waals surface area (Å²) < 4.78 is 30.9. The van der Waals surface area contributed by atoms with Crippen LogP contribution < -0.4 is 0 Å². The van der Waals surface area contributed by atoms with Crippen LogP contribution in [0, 0.1) is 0 Å². The van der Waals surface area contributed by atoms with E-state index < -0.39 is 18.6 Å². The van der Waals surface area contributed by atoms with Gasteiger partial charge in [0.2, 0.25) is 6.29 Å². The third kappa shape index (κ3) is 3.80. The summed E-state index contributed by atoms with van der Waals surface area (Å²) in [6.45, 7) is 1.74. The van der Waals surface area contributed by atoms with E-state index in [-0.39, 0.29) is 0 Å². The monoisotopic (exact) mass is 240 g/mol. The second kappa shape index (κ2) is 7.28. The molecular weight excluding hydrogens is 220 g/mol. The number of ether oxygens (including phenoxy) is 5. The first-order chi connectivity index (χ1) is 7.10. The Hall–Kier alpha value is -0.0231. The minimum atomic E-state index is -1.42. The normalized spacial score (nSPS) is 14.8. The van der Waals surface area contributed by atoms with Crippen LogP contribution in [0.15, 0.2) is 0 Å². The maximum atomic E-state index is 5.45. The van der Waals surface area contributed by atoms with Crippen molar-refractivity contribution in [2.24, 2.45) is 0 Å². The molecule has 6 nitrogen and oxygen atoms in total. The van der Waals surface area contributed by atoms with Gasteiger partial charge in [0.1, 0.15) is 16.8 Å². The Balaban J connectivity index is 4.68. The van der Waals surface area contributed by atoms with E-state index in [1.54, 1.807) is 6.92 Å². The Morgan fingerprint density at radius 3 is 1.73 bits per heavy atom. The lowest BCUT2D eigenvalue weighted by atomic mass is 10.5. The van der Waals surface area contributed by atoms with Crippen LogP contribution in [0.3, 0.4) is 0 Å². The molecule has 0 aliphatic carbocycles. The second-order valence-electron chi connectivity index (χ2n) is 2.74. The molecule has 0 N–H and O–H groups in total. The zero-order valence-electron chi connectivity index (χ0n) is 10.1. The van der Waals surface area contributed by atoms with Gasteiger partial charge >= 0.3 is 5.97 Å². The fraction of sp³-hybridized carbons (Fsp3) is 1.00. The van der Waals surface area contributed by atoms with E-state index in [4.69, 9.17) is 28.1 Å². The van der Waals surface area contributed by atoms with Gasteiger partial charge in [-0.1, -0.05) is 0 Å². The molecule has 0 bridgehead atoms. The first-order valence-electron chi connectivity index (χ1n) is 4.46. The van der Waals surface area contributed by atoms with Gasteiger partial charge in [-0.25, -0.2) is 0 Å².